The van der Waals surface area contributed by atoms with E-state index in [-0.39, 0.29) is 11.5 Å². The summed E-state index contributed by atoms with van der Waals surface area (Å²) in [4.78, 5) is 4.45. The molecule has 0 aliphatic heterocycles. The van der Waals surface area contributed by atoms with Gasteiger partial charge in [0.1, 0.15) is 0 Å². The van der Waals surface area contributed by atoms with E-state index in [0.29, 0.717) is 10.7 Å². The molecule has 110 valence electrons. The van der Waals surface area contributed by atoms with Crippen molar-refractivity contribution in [3.8, 4) is 22.8 Å². The summed E-state index contributed by atoms with van der Waals surface area (Å²) in [6, 6.07) is 14.4. The standard InChI is InChI=1S/C16H13N3O2S/c20-14-7-6-11(8-15(14)21)9-17-19-16-18-13(10-22-16)12-4-2-1-3-5-12/h1-10,20-21H,(H,18,19)/b17-9+. The van der Waals surface area contributed by atoms with Gasteiger partial charge in [-0.1, -0.05) is 30.3 Å². The van der Waals surface area contributed by atoms with Gasteiger partial charge in [0, 0.05) is 10.9 Å². The number of anilines is 1. The molecule has 0 bridgehead atoms. The highest BCUT2D eigenvalue weighted by atomic mass is 32.1. The molecule has 0 aliphatic rings. The summed E-state index contributed by atoms with van der Waals surface area (Å²) in [5.41, 5.74) is 5.47. The van der Waals surface area contributed by atoms with Gasteiger partial charge in [-0.15, -0.1) is 11.3 Å². The Balaban J connectivity index is 1.68. The fourth-order valence-corrected chi connectivity index (χ4v) is 2.52. The van der Waals surface area contributed by atoms with Gasteiger partial charge in [0.05, 0.1) is 11.9 Å². The minimum absolute atomic E-state index is 0.155. The van der Waals surface area contributed by atoms with E-state index in [4.69, 9.17) is 0 Å². The Morgan fingerprint density at radius 3 is 2.64 bits per heavy atom. The van der Waals surface area contributed by atoms with Gasteiger partial charge in [-0.2, -0.15) is 5.10 Å². The lowest BCUT2D eigenvalue weighted by atomic mass is 10.2. The van der Waals surface area contributed by atoms with E-state index in [1.807, 2.05) is 35.7 Å². The minimum atomic E-state index is -0.176. The van der Waals surface area contributed by atoms with E-state index >= 15 is 0 Å². The predicted molar refractivity (Wildman–Crippen MR) is 88.5 cm³/mol. The maximum absolute atomic E-state index is 9.40. The van der Waals surface area contributed by atoms with Crippen LogP contribution in [0.4, 0.5) is 5.13 Å². The first kappa shape index (κ1) is 14.1. The fourth-order valence-electron chi connectivity index (χ4n) is 1.85. The number of rotatable bonds is 4. The number of nitrogens with one attached hydrogen (secondary N) is 1. The first-order chi connectivity index (χ1) is 10.7. The van der Waals surface area contributed by atoms with Gasteiger partial charge in [0.25, 0.3) is 0 Å². The molecule has 3 N–H and O–H groups in total. The third-order valence-electron chi connectivity index (χ3n) is 2.95. The topological polar surface area (TPSA) is 77.7 Å². The van der Waals surface area contributed by atoms with Crippen molar-refractivity contribution in [3.05, 3.63) is 59.5 Å². The summed E-state index contributed by atoms with van der Waals surface area (Å²) in [7, 11) is 0. The smallest absolute Gasteiger partial charge is 0.203 e. The number of nitrogens with zero attached hydrogens (tertiary/aromatic N) is 2. The van der Waals surface area contributed by atoms with E-state index in [0.717, 1.165) is 11.3 Å². The first-order valence-electron chi connectivity index (χ1n) is 6.54. The van der Waals surface area contributed by atoms with Crippen LogP contribution >= 0.6 is 11.3 Å². The van der Waals surface area contributed by atoms with E-state index < -0.39 is 0 Å². The molecule has 0 unspecified atom stereocenters. The lowest BCUT2D eigenvalue weighted by Gasteiger charge is -1.98. The normalized spacial score (nSPS) is 10.9. The van der Waals surface area contributed by atoms with Crippen LogP contribution in [-0.4, -0.2) is 21.4 Å². The quantitative estimate of drug-likeness (QED) is 0.390. The first-order valence-corrected chi connectivity index (χ1v) is 7.42. The Kier molecular flexibility index (Phi) is 4.02. The molecule has 0 aliphatic carbocycles. The highest BCUT2D eigenvalue weighted by molar-refractivity contribution is 7.14. The van der Waals surface area contributed by atoms with Crippen LogP contribution in [0, 0.1) is 0 Å². The van der Waals surface area contributed by atoms with Gasteiger partial charge in [-0.3, -0.25) is 5.43 Å². The summed E-state index contributed by atoms with van der Waals surface area (Å²) in [5.74, 6) is -0.331. The molecule has 6 heteroatoms. The molecule has 0 saturated heterocycles. The second-order valence-electron chi connectivity index (χ2n) is 4.52. The van der Waals surface area contributed by atoms with Crippen LogP contribution in [-0.2, 0) is 0 Å². The molecule has 0 amide bonds. The van der Waals surface area contributed by atoms with Crippen LogP contribution in [0.5, 0.6) is 11.5 Å². The van der Waals surface area contributed by atoms with E-state index in [2.05, 4.69) is 15.5 Å². The second-order valence-corrected chi connectivity index (χ2v) is 5.38. The van der Waals surface area contributed by atoms with Crippen LogP contribution in [0.2, 0.25) is 0 Å². The summed E-state index contributed by atoms with van der Waals surface area (Å²) >= 11 is 1.46. The molecule has 3 rings (SSSR count). The molecule has 0 spiro atoms. The number of hydrogen-bond acceptors (Lipinski definition) is 6. The Morgan fingerprint density at radius 1 is 1.05 bits per heavy atom. The number of phenols is 2. The number of phenolic OH excluding ortho intramolecular Hbond substituents is 2. The maximum Gasteiger partial charge on any atom is 0.203 e. The average molecular weight is 311 g/mol. The summed E-state index contributed by atoms with van der Waals surface area (Å²) in [6.07, 6.45) is 1.54. The van der Waals surface area contributed by atoms with Crippen molar-refractivity contribution in [2.45, 2.75) is 0 Å². The molecular weight excluding hydrogens is 298 g/mol. The summed E-state index contributed by atoms with van der Waals surface area (Å²) < 4.78 is 0. The third kappa shape index (κ3) is 3.24. The minimum Gasteiger partial charge on any atom is -0.504 e. The molecule has 0 saturated carbocycles. The average Bonchev–Trinajstić information content (AvgIpc) is 3.01. The Bertz CT molecular complexity index is 800. The van der Waals surface area contributed by atoms with Crippen molar-refractivity contribution in [2.24, 2.45) is 5.10 Å². The van der Waals surface area contributed by atoms with Gasteiger partial charge in [0.2, 0.25) is 5.13 Å². The number of aromatic nitrogens is 1. The molecular formula is C16H13N3O2S. The van der Waals surface area contributed by atoms with Gasteiger partial charge in [0.15, 0.2) is 11.5 Å². The van der Waals surface area contributed by atoms with Crippen LogP contribution in [0.3, 0.4) is 0 Å². The van der Waals surface area contributed by atoms with E-state index in [1.54, 1.807) is 12.3 Å². The van der Waals surface area contributed by atoms with Gasteiger partial charge >= 0.3 is 0 Å². The molecule has 0 atom stereocenters. The largest absolute Gasteiger partial charge is 0.504 e. The van der Waals surface area contributed by atoms with Gasteiger partial charge < -0.3 is 10.2 Å². The summed E-state index contributed by atoms with van der Waals surface area (Å²) in [6.45, 7) is 0. The number of hydrazone groups is 1. The maximum atomic E-state index is 9.40. The monoisotopic (exact) mass is 311 g/mol. The zero-order chi connectivity index (χ0) is 15.4. The van der Waals surface area contributed by atoms with Crippen molar-refractivity contribution in [1.29, 1.82) is 0 Å². The molecule has 1 aromatic heterocycles. The Morgan fingerprint density at radius 2 is 1.86 bits per heavy atom. The third-order valence-corrected chi connectivity index (χ3v) is 3.69. The summed E-state index contributed by atoms with van der Waals surface area (Å²) in [5, 5.41) is 25.3. The Hall–Kier alpha value is -2.86. The molecule has 1 heterocycles. The van der Waals surface area contributed by atoms with Gasteiger partial charge in [-0.05, 0) is 23.8 Å². The lowest BCUT2D eigenvalue weighted by Crippen LogP contribution is -1.90. The highest BCUT2D eigenvalue weighted by Gasteiger charge is 2.03. The Labute approximate surface area is 131 Å². The number of hydrogen-bond donors (Lipinski definition) is 3. The van der Waals surface area contributed by atoms with Crippen molar-refractivity contribution in [2.75, 3.05) is 5.43 Å². The van der Waals surface area contributed by atoms with Crippen LogP contribution < -0.4 is 5.43 Å². The zero-order valence-corrected chi connectivity index (χ0v) is 12.3. The number of benzene rings is 2. The molecule has 2 aromatic carbocycles. The van der Waals surface area contributed by atoms with Crippen molar-refractivity contribution in [1.82, 2.24) is 4.98 Å². The zero-order valence-electron chi connectivity index (χ0n) is 11.5. The molecule has 0 radical (unpaired) electrons. The molecule has 3 aromatic rings. The van der Waals surface area contributed by atoms with Gasteiger partial charge in [-0.25, -0.2) is 4.98 Å². The van der Waals surface area contributed by atoms with Crippen molar-refractivity contribution >= 4 is 22.7 Å². The lowest BCUT2D eigenvalue weighted by molar-refractivity contribution is 0.403. The molecule has 0 fully saturated rings. The van der Waals surface area contributed by atoms with Crippen molar-refractivity contribution < 1.29 is 10.2 Å². The van der Waals surface area contributed by atoms with Crippen molar-refractivity contribution in [3.63, 3.8) is 0 Å². The highest BCUT2D eigenvalue weighted by Crippen LogP contribution is 2.25. The number of thiazole rings is 1. The predicted octanol–water partition coefficient (Wildman–Crippen LogP) is 3.67. The van der Waals surface area contributed by atoms with E-state index in [9.17, 15) is 10.2 Å². The van der Waals surface area contributed by atoms with E-state index in [1.165, 1.54) is 23.5 Å². The molecule has 22 heavy (non-hydrogen) atoms. The second kappa shape index (κ2) is 6.28. The van der Waals surface area contributed by atoms with Crippen LogP contribution in [0.1, 0.15) is 5.56 Å². The van der Waals surface area contributed by atoms with Crippen LogP contribution in [0.25, 0.3) is 11.3 Å². The SMILES string of the molecule is Oc1ccc(/C=N/Nc2nc(-c3ccccc3)cs2)cc1O. The molecule has 5 nitrogen and oxygen atoms in total. The fraction of sp³-hybridized carbons (Fsp3) is 0. The van der Waals surface area contributed by atoms with Crippen LogP contribution in [0.15, 0.2) is 59.0 Å². The number of aromatic hydroxyl groups is 2.